The summed E-state index contributed by atoms with van der Waals surface area (Å²) in [5.74, 6) is 0.00700. The number of halogens is 1. The van der Waals surface area contributed by atoms with Crippen molar-refractivity contribution < 1.29 is 19.4 Å². The number of hydrogen-bond acceptors (Lipinski definition) is 4. The normalized spacial score (nSPS) is 18.8. The molecule has 1 aliphatic rings. The van der Waals surface area contributed by atoms with Gasteiger partial charge in [0.05, 0.1) is 11.3 Å². The Hall–Kier alpha value is -2.60. The third kappa shape index (κ3) is 5.11. The van der Waals surface area contributed by atoms with Crippen LogP contribution in [0, 0.1) is 11.8 Å². The maximum Gasteiger partial charge on any atom is 0.337 e. The van der Waals surface area contributed by atoms with E-state index in [0.29, 0.717) is 17.4 Å². The highest BCUT2D eigenvalue weighted by Gasteiger charge is 2.32. The summed E-state index contributed by atoms with van der Waals surface area (Å²) in [6.45, 7) is 6.00. The second kappa shape index (κ2) is 9.47. The van der Waals surface area contributed by atoms with Crippen molar-refractivity contribution in [1.29, 1.82) is 0 Å². The Morgan fingerprint density at radius 1 is 1.17 bits per heavy atom. The molecule has 160 valence electrons. The summed E-state index contributed by atoms with van der Waals surface area (Å²) >= 11 is 5.88. The highest BCUT2D eigenvalue weighted by atomic mass is 35.5. The van der Waals surface area contributed by atoms with Crippen molar-refractivity contribution in [3.05, 3.63) is 47.1 Å². The molecule has 1 heterocycles. The predicted octanol–water partition coefficient (Wildman–Crippen LogP) is 5.79. The highest BCUT2D eigenvalue weighted by molar-refractivity contribution is 6.29. The molecule has 30 heavy (non-hydrogen) atoms. The molecular formula is C23H27ClN2O4. The fraction of sp³-hybridized carbons (Fsp3) is 0.435. The topological polar surface area (TPSA) is 79.7 Å². The van der Waals surface area contributed by atoms with Crippen molar-refractivity contribution in [2.75, 3.05) is 4.90 Å². The van der Waals surface area contributed by atoms with Gasteiger partial charge in [-0.05, 0) is 69.7 Å². The summed E-state index contributed by atoms with van der Waals surface area (Å²) in [5.41, 5.74) is 0.397. The Kier molecular flexibility index (Phi) is 6.98. The van der Waals surface area contributed by atoms with Crippen LogP contribution in [-0.2, 0) is 4.79 Å². The number of hydrogen-bond donors (Lipinski definition) is 1. The molecule has 0 saturated heterocycles. The Bertz CT molecular complexity index is 923. The molecule has 0 atom stereocenters. The van der Waals surface area contributed by atoms with Gasteiger partial charge in [0.2, 0.25) is 11.8 Å². The second-order valence-corrected chi connectivity index (χ2v) is 8.53. The molecule has 1 fully saturated rings. The van der Waals surface area contributed by atoms with Crippen LogP contribution in [0.15, 0.2) is 36.4 Å². The molecule has 0 unspecified atom stereocenters. The smallest absolute Gasteiger partial charge is 0.337 e. The van der Waals surface area contributed by atoms with Crippen LogP contribution in [-0.4, -0.2) is 28.0 Å². The molecule has 1 N–H and O–H groups in total. The Morgan fingerprint density at radius 3 is 2.47 bits per heavy atom. The second-order valence-electron chi connectivity index (χ2n) is 8.14. The van der Waals surface area contributed by atoms with Crippen LogP contribution in [0.2, 0.25) is 5.15 Å². The molecule has 1 aromatic carbocycles. The van der Waals surface area contributed by atoms with E-state index in [4.69, 9.17) is 16.3 Å². The van der Waals surface area contributed by atoms with Crippen LogP contribution in [0.3, 0.4) is 0 Å². The number of carboxylic acids is 1. The van der Waals surface area contributed by atoms with Gasteiger partial charge in [0.15, 0.2) is 0 Å². The van der Waals surface area contributed by atoms with Crippen LogP contribution in [0.5, 0.6) is 11.6 Å². The molecule has 3 rings (SSSR count). The first-order valence-corrected chi connectivity index (χ1v) is 10.6. The first kappa shape index (κ1) is 22.1. The van der Waals surface area contributed by atoms with Gasteiger partial charge in [-0.3, -0.25) is 4.79 Å². The van der Waals surface area contributed by atoms with Gasteiger partial charge in [-0.25, -0.2) is 9.78 Å². The van der Waals surface area contributed by atoms with Crippen molar-refractivity contribution in [2.24, 2.45) is 11.8 Å². The van der Waals surface area contributed by atoms with Gasteiger partial charge in [0, 0.05) is 18.0 Å². The Morgan fingerprint density at radius 2 is 1.87 bits per heavy atom. The van der Waals surface area contributed by atoms with Gasteiger partial charge in [-0.15, -0.1) is 0 Å². The molecule has 1 aliphatic carbocycles. The van der Waals surface area contributed by atoms with Crippen LogP contribution >= 0.6 is 11.6 Å². The van der Waals surface area contributed by atoms with Crippen molar-refractivity contribution in [1.82, 2.24) is 4.98 Å². The van der Waals surface area contributed by atoms with Crippen LogP contribution in [0.4, 0.5) is 5.69 Å². The fourth-order valence-electron chi connectivity index (χ4n) is 3.88. The number of nitrogens with zero attached hydrogens (tertiary/aromatic N) is 2. The SMILES string of the molecule is CC1CCC(C(=O)N(c2ccc(Oc3cccc(Cl)n3)cc2C(=O)O)C(C)C)CC1. The lowest BCUT2D eigenvalue weighted by Crippen LogP contribution is -2.42. The highest BCUT2D eigenvalue weighted by Crippen LogP contribution is 2.34. The number of rotatable bonds is 6. The number of pyridine rings is 1. The minimum atomic E-state index is -1.12. The van der Waals surface area contributed by atoms with Crippen LogP contribution in [0.1, 0.15) is 56.8 Å². The predicted molar refractivity (Wildman–Crippen MR) is 116 cm³/mol. The van der Waals surface area contributed by atoms with Crippen molar-refractivity contribution >= 4 is 29.2 Å². The minimum Gasteiger partial charge on any atom is -0.478 e. The summed E-state index contributed by atoms with van der Waals surface area (Å²) in [5, 5.41) is 10.1. The summed E-state index contributed by atoms with van der Waals surface area (Å²) in [7, 11) is 0. The maximum atomic E-state index is 13.3. The third-order valence-corrected chi connectivity index (χ3v) is 5.70. The molecule has 0 spiro atoms. The third-order valence-electron chi connectivity index (χ3n) is 5.49. The molecule has 1 aromatic heterocycles. The van der Waals surface area contributed by atoms with E-state index in [2.05, 4.69) is 11.9 Å². The van der Waals surface area contributed by atoms with Crippen molar-refractivity contribution in [2.45, 2.75) is 52.5 Å². The van der Waals surface area contributed by atoms with E-state index in [9.17, 15) is 14.7 Å². The number of ether oxygens (including phenoxy) is 1. The molecular weight excluding hydrogens is 404 g/mol. The molecule has 7 heteroatoms. The van der Waals surface area contributed by atoms with Gasteiger partial charge >= 0.3 is 5.97 Å². The lowest BCUT2D eigenvalue weighted by Gasteiger charge is -2.34. The number of carbonyl (C=O) groups excluding carboxylic acids is 1. The van der Waals surface area contributed by atoms with E-state index in [0.717, 1.165) is 25.7 Å². The molecule has 0 aliphatic heterocycles. The van der Waals surface area contributed by atoms with E-state index < -0.39 is 5.97 Å². The van der Waals surface area contributed by atoms with Crippen molar-refractivity contribution in [3.8, 4) is 11.6 Å². The number of aromatic nitrogens is 1. The summed E-state index contributed by atoms with van der Waals surface area (Å²) < 4.78 is 5.67. The van der Waals surface area contributed by atoms with E-state index in [1.54, 1.807) is 35.2 Å². The van der Waals surface area contributed by atoms with E-state index in [1.165, 1.54) is 6.07 Å². The number of carbonyl (C=O) groups is 2. The van der Waals surface area contributed by atoms with Gasteiger partial charge in [-0.2, -0.15) is 0 Å². The average Bonchev–Trinajstić information content (AvgIpc) is 2.69. The van der Waals surface area contributed by atoms with Crippen LogP contribution < -0.4 is 9.64 Å². The largest absolute Gasteiger partial charge is 0.478 e. The zero-order chi connectivity index (χ0) is 21.8. The molecule has 6 nitrogen and oxygen atoms in total. The van der Waals surface area contributed by atoms with Gasteiger partial charge in [0.25, 0.3) is 0 Å². The lowest BCUT2D eigenvalue weighted by atomic mass is 9.82. The lowest BCUT2D eigenvalue weighted by molar-refractivity contribution is -0.123. The zero-order valence-electron chi connectivity index (χ0n) is 17.5. The molecule has 0 bridgehead atoms. The Balaban J connectivity index is 1.91. The van der Waals surface area contributed by atoms with E-state index >= 15 is 0 Å². The minimum absolute atomic E-state index is 0.00965. The van der Waals surface area contributed by atoms with Gasteiger partial charge in [-0.1, -0.05) is 24.6 Å². The summed E-state index contributed by atoms with van der Waals surface area (Å²) in [6, 6.07) is 9.49. The van der Waals surface area contributed by atoms with Gasteiger partial charge < -0.3 is 14.7 Å². The number of aromatic carboxylic acids is 1. The number of amides is 1. The number of carboxylic acid groups (broad SMARTS) is 1. The van der Waals surface area contributed by atoms with Crippen LogP contribution in [0.25, 0.3) is 0 Å². The number of anilines is 1. The standard InChI is InChI=1S/C23H27ClN2O4/c1-14(2)26(22(27)16-9-7-15(3)8-10-16)19-12-11-17(13-18(19)23(28)29)30-21-6-4-5-20(24)25-21/h4-6,11-16H,7-10H2,1-3H3,(H,28,29). The fourth-order valence-corrected chi connectivity index (χ4v) is 4.04. The maximum absolute atomic E-state index is 13.3. The first-order chi connectivity index (χ1) is 14.3. The first-order valence-electron chi connectivity index (χ1n) is 10.3. The quantitative estimate of drug-likeness (QED) is 0.586. The van der Waals surface area contributed by atoms with E-state index in [1.807, 2.05) is 13.8 Å². The van der Waals surface area contributed by atoms with Gasteiger partial charge in [0.1, 0.15) is 10.9 Å². The molecule has 1 saturated carbocycles. The molecule has 1 amide bonds. The zero-order valence-corrected chi connectivity index (χ0v) is 18.2. The molecule has 0 radical (unpaired) electrons. The molecule has 2 aromatic rings. The number of benzene rings is 1. The summed E-state index contributed by atoms with van der Waals surface area (Å²) in [4.78, 5) is 31.0. The monoisotopic (exact) mass is 430 g/mol. The average molecular weight is 431 g/mol. The summed E-state index contributed by atoms with van der Waals surface area (Å²) in [6.07, 6.45) is 3.72. The van der Waals surface area contributed by atoms with Crippen molar-refractivity contribution in [3.63, 3.8) is 0 Å². The van der Waals surface area contributed by atoms with E-state index in [-0.39, 0.29) is 34.5 Å². The Labute approximate surface area is 181 Å².